The third-order valence-corrected chi connectivity index (χ3v) is 3.04. The van der Waals surface area contributed by atoms with E-state index in [0.717, 1.165) is 12.1 Å². The van der Waals surface area contributed by atoms with Gasteiger partial charge in [0.25, 0.3) is 5.91 Å². The van der Waals surface area contributed by atoms with Gasteiger partial charge in [-0.05, 0) is 40.2 Å². The molecule has 0 aliphatic carbocycles. The lowest BCUT2D eigenvalue weighted by atomic mass is 10.3. The van der Waals surface area contributed by atoms with Crippen molar-refractivity contribution >= 4 is 27.5 Å². The van der Waals surface area contributed by atoms with Crippen molar-refractivity contribution in [3.05, 3.63) is 40.6 Å². The average Bonchev–Trinajstić information content (AvgIpc) is 2.70. The number of nitrogens with one attached hydrogen (secondary N) is 1. The van der Waals surface area contributed by atoms with Gasteiger partial charge < -0.3 is 10.1 Å². The first kappa shape index (κ1) is 15.4. The van der Waals surface area contributed by atoms with Crippen LogP contribution in [0.15, 0.2) is 34.9 Å². The lowest BCUT2D eigenvalue weighted by Gasteiger charge is -2.10. The molecule has 0 saturated heterocycles. The monoisotopic (exact) mass is 363 g/mol. The highest BCUT2D eigenvalue weighted by molar-refractivity contribution is 9.10. The Morgan fingerprint density at radius 3 is 2.43 bits per heavy atom. The molecule has 0 bridgehead atoms. The van der Waals surface area contributed by atoms with Crippen LogP contribution in [0.3, 0.4) is 0 Å². The van der Waals surface area contributed by atoms with Crippen LogP contribution in [-0.2, 0) is 7.05 Å². The lowest BCUT2D eigenvalue weighted by molar-refractivity contribution is -0.274. The molecule has 0 aliphatic rings. The SMILES string of the molecule is Cn1ncc(Br)c1C(=O)Nc1ccc(OC(F)(F)F)cc1. The number of aromatic nitrogens is 2. The van der Waals surface area contributed by atoms with Crippen molar-refractivity contribution in [2.75, 3.05) is 5.32 Å². The molecule has 0 aliphatic heterocycles. The second-order valence-electron chi connectivity index (χ2n) is 3.99. The number of hydrogen-bond acceptors (Lipinski definition) is 3. The van der Waals surface area contributed by atoms with E-state index in [2.05, 4.69) is 31.1 Å². The zero-order valence-corrected chi connectivity index (χ0v) is 12.2. The van der Waals surface area contributed by atoms with E-state index in [1.807, 2.05) is 0 Å². The number of carbonyl (C=O) groups is 1. The van der Waals surface area contributed by atoms with Gasteiger partial charge in [-0.2, -0.15) is 5.10 Å². The highest BCUT2D eigenvalue weighted by Crippen LogP contribution is 2.24. The molecule has 0 atom stereocenters. The first-order valence-electron chi connectivity index (χ1n) is 5.61. The minimum atomic E-state index is -4.75. The van der Waals surface area contributed by atoms with Gasteiger partial charge in [0.1, 0.15) is 11.4 Å². The second kappa shape index (κ2) is 5.76. The summed E-state index contributed by atoms with van der Waals surface area (Å²) in [6.07, 6.45) is -3.28. The van der Waals surface area contributed by atoms with Crippen LogP contribution in [0.25, 0.3) is 0 Å². The van der Waals surface area contributed by atoms with Crippen LogP contribution in [0.5, 0.6) is 5.75 Å². The molecular formula is C12H9BrF3N3O2. The summed E-state index contributed by atoms with van der Waals surface area (Å²) in [7, 11) is 1.60. The van der Waals surface area contributed by atoms with Gasteiger partial charge in [0.2, 0.25) is 0 Å². The summed E-state index contributed by atoms with van der Waals surface area (Å²) in [6, 6.07) is 4.84. The molecule has 0 radical (unpaired) electrons. The fraction of sp³-hybridized carbons (Fsp3) is 0.167. The number of anilines is 1. The molecule has 1 amide bonds. The Bertz CT molecular complexity index is 633. The van der Waals surface area contributed by atoms with E-state index in [0.29, 0.717) is 15.9 Å². The normalized spacial score (nSPS) is 11.3. The van der Waals surface area contributed by atoms with E-state index in [1.54, 1.807) is 7.05 Å². The zero-order chi connectivity index (χ0) is 15.6. The van der Waals surface area contributed by atoms with Gasteiger partial charge in [-0.15, -0.1) is 13.2 Å². The van der Waals surface area contributed by atoms with Crippen molar-refractivity contribution in [3.8, 4) is 5.75 Å². The molecule has 0 unspecified atom stereocenters. The predicted molar refractivity (Wildman–Crippen MR) is 72.0 cm³/mol. The number of nitrogens with zero attached hydrogens (tertiary/aromatic N) is 2. The number of halogens is 4. The van der Waals surface area contributed by atoms with Crippen LogP contribution in [0.1, 0.15) is 10.5 Å². The molecule has 2 aromatic rings. The van der Waals surface area contributed by atoms with Gasteiger partial charge in [0, 0.05) is 12.7 Å². The number of ether oxygens (including phenoxy) is 1. The van der Waals surface area contributed by atoms with Crippen molar-refractivity contribution < 1.29 is 22.7 Å². The van der Waals surface area contributed by atoms with Crippen LogP contribution < -0.4 is 10.1 Å². The number of alkyl halides is 3. The predicted octanol–water partition coefficient (Wildman–Crippen LogP) is 3.33. The maximum atomic E-state index is 12.0. The van der Waals surface area contributed by atoms with Crippen LogP contribution in [-0.4, -0.2) is 22.1 Å². The summed E-state index contributed by atoms with van der Waals surface area (Å²) in [5, 5.41) is 6.45. The summed E-state index contributed by atoms with van der Waals surface area (Å²) >= 11 is 3.19. The molecule has 112 valence electrons. The molecule has 0 saturated carbocycles. The molecule has 2 rings (SSSR count). The lowest BCUT2D eigenvalue weighted by Crippen LogP contribution is -2.18. The first-order valence-corrected chi connectivity index (χ1v) is 6.40. The van der Waals surface area contributed by atoms with Gasteiger partial charge in [-0.1, -0.05) is 0 Å². The van der Waals surface area contributed by atoms with E-state index in [-0.39, 0.29) is 5.75 Å². The molecule has 1 N–H and O–H groups in total. The minimum Gasteiger partial charge on any atom is -0.406 e. The van der Waals surface area contributed by atoms with E-state index in [1.165, 1.54) is 23.0 Å². The number of hydrogen-bond donors (Lipinski definition) is 1. The summed E-state index contributed by atoms with van der Waals surface area (Å²) in [6.45, 7) is 0. The van der Waals surface area contributed by atoms with Crippen LogP contribution in [0, 0.1) is 0 Å². The standard InChI is InChI=1S/C12H9BrF3N3O2/c1-19-10(9(13)6-17-19)11(20)18-7-2-4-8(5-3-7)21-12(14,15)16/h2-6H,1H3,(H,18,20). The molecular weight excluding hydrogens is 355 g/mol. The third kappa shape index (κ3) is 3.97. The van der Waals surface area contributed by atoms with Gasteiger partial charge in [-0.3, -0.25) is 9.48 Å². The molecule has 1 aromatic carbocycles. The Balaban J connectivity index is 2.09. The first-order chi connectivity index (χ1) is 9.76. The van der Waals surface area contributed by atoms with Crippen molar-refractivity contribution in [2.45, 2.75) is 6.36 Å². The van der Waals surface area contributed by atoms with Crippen LogP contribution in [0.2, 0.25) is 0 Å². The van der Waals surface area contributed by atoms with Crippen molar-refractivity contribution in [1.82, 2.24) is 9.78 Å². The van der Waals surface area contributed by atoms with Gasteiger partial charge in [0.15, 0.2) is 0 Å². The third-order valence-electron chi connectivity index (χ3n) is 2.45. The van der Waals surface area contributed by atoms with E-state index >= 15 is 0 Å². The smallest absolute Gasteiger partial charge is 0.406 e. The Morgan fingerprint density at radius 1 is 1.33 bits per heavy atom. The molecule has 5 nitrogen and oxygen atoms in total. The number of carbonyl (C=O) groups excluding carboxylic acids is 1. The number of rotatable bonds is 3. The maximum absolute atomic E-state index is 12.0. The van der Waals surface area contributed by atoms with Gasteiger partial charge in [0.05, 0.1) is 10.7 Å². The molecule has 0 spiro atoms. The van der Waals surface area contributed by atoms with Gasteiger partial charge >= 0.3 is 6.36 Å². The van der Waals surface area contributed by atoms with Gasteiger partial charge in [-0.25, -0.2) is 0 Å². The Labute approximate surface area is 125 Å². The number of aryl methyl sites for hydroxylation is 1. The molecule has 1 aromatic heterocycles. The van der Waals surface area contributed by atoms with Crippen LogP contribution >= 0.6 is 15.9 Å². The topological polar surface area (TPSA) is 56.2 Å². The average molecular weight is 364 g/mol. The fourth-order valence-electron chi connectivity index (χ4n) is 1.60. The zero-order valence-electron chi connectivity index (χ0n) is 10.6. The van der Waals surface area contributed by atoms with Crippen molar-refractivity contribution in [3.63, 3.8) is 0 Å². The quantitative estimate of drug-likeness (QED) is 0.909. The highest BCUT2D eigenvalue weighted by Gasteiger charge is 2.31. The molecule has 0 fully saturated rings. The number of benzene rings is 1. The van der Waals surface area contributed by atoms with Crippen LogP contribution in [0.4, 0.5) is 18.9 Å². The summed E-state index contributed by atoms with van der Waals surface area (Å²) < 4.78 is 41.7. The molecule has 1 heterocycles. The number of amides is 1. The van der Waals surface area contributed by atoms with E-state index in [4.69, 9.17) is 0 Å². The Morgan fingerprint density at radius 2 is 1.95 bits per heavy atom. The summed E-state index contributed by atoms with van der Waals surface area (Å²) in [5.41, 5.74) is 0.633. The molecule has 9 heteroatoms. The van der Waals surface area contributed by atoms with Crippen molar-refractivity contribution in [1.29, 1.82) is 0 Å². The largest absolute Gasteiger partial charge is 0.573 e. The second-order valence-corrected chi connectivity index (χ2v) is 4.85. The van der Waals surface area contributed by atoms with E-state index in [9.17, 15) is 18.0 Å². The summed E-state index contributed by atoms with van der Waals surface area (Å²) in [4.78, 5) is 12.0. The van der Waals surface area contributed by atoms with Crippen molar-refractivity contribution in [2.24, 2.45) is 7.05 Å². The summed E-state index contributed by atoms with van der Waals surface area (Å²) in [5.74, 6) is -0.798. The Hall–Kier alpha value is -2.03. The Kier molecular flexibility index (Phi) is 4.21. The van der Waals surface area contributed by atoms with E-state index < -0.39 is 12.3 Å². The maximum Gasteiger partial charge on any atom is 0.573 e. The molecule has 21 heavy (non-hydrogen) atoms. The fourth-order valence-corrected chi connectivity index (χ4v) is 2.12. The highest BCUT2D eigenvalue weighted by atomic mass is 79.9. The minimum absolute atomic E-state index is 0.297.